The van der Waals surface area contributed by atoms with Gasteiger partial charge in [-0.05, 0) is 43.4 Å². The molecule has 132 valence electrons. The monoisotopic (exact) mass is 334 g/mol. The van der Waals surface area contributed by atoms with Crippen molar-refractivity contribution >= 4 is 12.0 Å². The highest BCUT2D eigenvalue weighted by Crippen LogP contribution is 2.28. The second-order valence-electron chi connectivity index (χ2n) is 5.97. The number of carbonyl (C=O) groups is 2. The van der Waals surface area contributed by atoms with E-state index in [0.717, 1.165) is 37.0 Å². The van der Waals surface area contributed by atoms with Crippen LogP contribution in [0.1, 0.15) is 37.7 Å². The van der Waals surface area contributed by atoms with Crippen LogP contribution < -0.4 is 10.1 Å². The largest absolute Gasteiger partial charge is 0.497 e. The molecule has 0 saturated heterocycles. The van der Waals surface area contributed by atoms with Gasteiger partial charge in [0.05, 0.1) is 14.2 Å². The molecule has 1 aliphatic carbocycles. The van der Waals surface area contributed by atoms with E-state index in [1.54, 1.807) is 7.11 Å². The number of hydrogen-bond acceptors (Lipinski definition) is 4. The van der Waals surface area contributed by atoms with Crippen LogP contribution in [0.3, 0.4) is 0 Å². The fourth-order valence-electron chi connectivity index (χ4n) is 2.47. The molecular formula is C18H26N2O4. The van der Waals surface area contributed by atoms with Crippen LogP contribution in [0.4, 0.5) is 4.79 Å². The van der Waals surface area contributed by atoms with Gasteiger partial charge < -0.3 is 19.7 Å². The fraction of sp³-hybridized carbons (Fsp3) is 0.556. The van der Waals surface area contributed by atoms with Crippen LogP contribution in [0.15, 0.2) is 24.3 Å². The molecule has 1 aromatic rings. The Morgan fingerprint density at radius 1 is 1.17 bits per heavy atom. The highest BCUT2D eigenvalue weighted by molar-refractivity contribution is 5.75. The van der Waals surface area contributed by atoms with Crippen LogP contribution in [-0.2, 0) is 16.1 Å². The lowest BCUT2D eigenvalue weighted by Crippen LogP contribution is -2.41. The highest BCUT2D eigenvalue weighted by atomic mass is 16.5. The van der Waals surface area contributed by atoms with E-state index in [4.69, 9.17) is 4.74 Å². The summed E-state index contributed by atoms with van der Waals surface area (Å²) in [4.78, 5) is 25.3. The summed E-state index contributed by atoms with van der Waals surface area (Å²) in [5.41, 5.74) is 1.09. The van der Waals surface area contributed by atoms with E-state index in [-0.39, 0.29) is 12.0 Å². The number of amides is 2. The highest BCUT2D eigenvalue weighted by Gasteiger charge is 2.32. The minimum absolute atomic E-state index is 0.0358. The zero-order chi connectivity index (χ0) is 17.4. The van der Waals surface area contributed by atoms with Crippen molar-refractivity contribution in [3.63, 3.8) is 0 Å². The van der Waals surface area contributed by atoms with Crippen LogP contribution in [0.2, 0.25) is 0 Å². The van der Waals surface area contributed by atoms with Crippen molar-refractivity contribution in [2.45, 2.75) is 44.7 Å². The third-order valence-electron chi connectivity index (χ3n) is 4.07. The number of rotatable bonds is 9. The molecule has 0 aliphatic heterocycles. The summed E-state index contributed by atoms with van der Waals surface area (Å²) in [6, 6.07) is 8.08. The molecule has 0 aromatic heterocycles. The zero-order valence-electron chi connectivity index (χ0n) is 14.4. The van der Waals surface area contributed by atoms with E-state index in [1.165, 1.54) is 7.11 Å². The van der Waals surface area contributed by atoms with Crippen molar-refractivity contribution in [1.29, 1.82) is 0 Å². The summed E-state index contributed by atoms with van der Waals surface area (Å²) >= 11 is 0. The second-order valence-corrected chi connectivity index (χ2v) is 5.97. The number of unbranched alkanes of at least 4 members (excludes halogenated alkanes) is 1. The third-order valence-corrected chi connectivity index (χ3v) is 4.07. The molecule has 0 heterocycles. The van der Waals surface area contributed by atoms with Gasteiger partial charge in [0.25, 0.3) is 0 Å². The van der Waals surface area contributed by atoms with Gasteiger partial charge in [0.2, 0.25) is 0 Å². The van der Waals surface area contributed by atoms with Gasteiger partial charge in [-0.2, -0.15) is 0 Å². The van der Waals surface area contributed by atoms with Crippen molar-refractivity contribution in [2.24, 2.45) is 0 Å². The van der Waals surface area contributed by atoms with Crippen molar-refractivity contribution in [1.82, 2.24) is 10.2 Å². The third kappa shape index (κ3) is 5.76. The molecule has 0 bridgehead atoms. The number of methoxy groups -OCH3 is 2. The Morgan fingerprint density at radius 3 is 2.46 bits per heavy atom. The van der Waals surface area contributed by atoms with Crippen molar-refractivity contribution in [3.8, 4) is 5.75 Å². The minimum atomic E-state index is -0.208. The average Bonchev–Trinajstić information content (AvgIpc) is 3.44. The molecule has 2 amide bonds. The number of nitrogens with zero attached hydrogens (tertiary/aromatic N) is 1. The van der Waals surface area contributed by atoms with E-state index >= 15 is 0 Å². The van der Waals surface area contributed by atoms with Crippen molar-refractivity contribution in [2.75, 3.05) is 20.8 Å². The Balaban J connectivity index is 1.77. The molecular weight excluding hydrogens is 308 g/mol. The summed E-state index contributed by atoms with van der Waals surface area (Å²) in [6.45, 7) is 1.17. The Bertz CT molecular complexity index is 540. The SMILES string of the molecule is COC(=O)CCCCNC(=O)N(Cc1ccc(OC)cc1)C1CC1. The summed E-state index contributed by atoms with van der Waals surface area (Å²) in [6.07, 6.45) is 4.00. The molecule has 1 saturated carbocycles. The first kappa shape index (κ1) is 18.1. The number of benzene rings is 1. The molecule has 1 fully saturated rings. The van der Waals surface area contributed by atoms with E-state index in [0.29, 0.717) is 25.6 Å². The number of esters is 1. The van der Waals surface area contributed by atoms with Crippen LogP contribution in [0, 0.1) is 0 Å². The molecule has 1 N–H and O–H groups in total. The molecule has 1 aromatic carbocycles. The van der Waals surface area contributed by atoms with Gasteiger partial charge in [-0.1, -0.05) is 12.1 Å². The number of urea groups is 1. The van der Waals surface area contributed by atoms with Crippen molar-refractivity contribution < 1.29 is 19.1 Å². The maximum absolute atomic E-state index is 12.4. The average molecular weight is 334 g/mol. The van der Waals surface area contributed by atoms with Gasteiger partial charge in [0.15, 0.2) is 0 Å². The van der Waals surface area contributed by atoms with E-state index in [9.17, 15) is 9.59 Å². The van der Waals surface area contributed by atoms with Gasteiger partial charge in [-0.25, -0.2) is 4.79 Å². The van der Waals surface area contributed by atoms with Gasteiger partial charge in [0.1, 0.15) is 5.75 Å². The first-order chi connectivity index (χ1) is 11.6. The zero-order valence-corrected chi connectivity index (χ0v) is 14.4. The Morgan fingerprint density at radius 2 is 1.88 bits per heavy atom. The maximum atomic E-state index is 12.4. The molecule has 0 atom stereocenters. The number of nitrogens with one attached hydrogen (secondary N) is 1. The van der Waals surface area contributed by atoms with E-state index in [1.807, 2.05) is 29.2 Å². The molecule has 6 heteroatoms. The van der Waals surface area contributed by atoms with Crippen LogP contribution in [0.5, 0.6) is 5.75 Å². The molecule has 0 spiro atoms. The first-order valence-electron chi connectivity index (χ1n) is 8.38. The van der Waals surface area contributed by atoms with Crippen molar-refractivity contribution in [3.05, 3.63) is 29.8 Å². The van der Waals surface area contributed by atoms with Crippen LogP contribution in [0.25, 0.3) is 0 Å². The molecule has 0 unspecified atom stereocenters. The fourth-order valence-corrected chi connectivity index (χ4v) is 2.47. The quantitative estimate of drug-likeness (QED) is 0.557. The van der Waals surface area contributed by atoms with Crippen LogP contribution >= 0.6 is 0 Å². The standard InChI is InChI=1S/C18H26N2O4/c1-23-16-10-6-14(7-11-16)13-20(15-8-9-15)18(22)19-12-4-3-5-17(21)24-2/h6-7,10-11,15H,3-5,8-9,12-13H2,1-2H3,(H,19,22). The number of hydrogen-bond donors (Lipinski definition) is 1. The molecule has 6 nitrogen and oxygen atoms in total. The molecule has 1 aliphatic rings. The predicted molar refractivity (Wildman–Crippen MR) is 90.8 cm³/mol. The summed E-state index contributed by atoms with van der Waals surface area (Å²) < 4.78 is 9.75. The maximum Gasteiger partial charge on any atom is 0.317 e. The molecule has 0 radical (unpaired) electrons. The van der Waals surface area contributed by atoms with E-state index < -0.39 is 0 Å². The topological polar surface area (TPSA) is 67.9 Å². The smallest absolute Gasteiger partial charge is 0.317 e. The Hall–Kier alpha value is -2.24. The molecule has 24 heavy (non-hydrogen) atoms. The van der Waals surface area contributed by atoms with Crippen LogP contribution in [-0.4, -0.2) is 43.7 Å². The first-order valence-corrected chi connectivity index (χ1v) is 8.38. The second kappa shape index (κ2) is 9.15. The Kier molecular flexibility index (Phi) is 6.90. The Labute approximate surface area is 143 Å². The summed E-state index contributed by atoms with van der Waals surface area (Å²) in [5, 5.41) is 2.95. The number of carbonyl (C=O) groups excluding carboxylic acids is 2. The predicted octanol–water partition coefficient (Wildman–Crippen LogP) is 2.71. The van der Waals surface area contributed by atoms with Gasteiger partial charge in [0, 0.05) is 25.6 Å². The lowest BCUT2D eigenvalue weighted by Gasteiger charge is -2.23. The summed E-state index contributed by atoms with van der Waals surface area (Å²) in [5.74, 6) is 0.604. The lowest BCUT2D eigenvalue weighted by atomic mass is 10.2. The van der Waals surface area contributed by atoms with E-state index in [2.05, 4.69) is 10.1 Å². The minimum Gasteiger partial charge on any atom is -0.497 e. The summed E-state index contributed by atoms with van der Waals surface area (Å²) in [7, 11) is 3.02. The number of ether oxygens (including phenoxy) is 2. The molecule has 2 rings (SSSR count). The van der Waals surface area contributed by atoms with Gasteiger partial charge in [-0.15, -0.1) is 0 Å². The normalized spacial score (nSPS) is 13.2. The lowest BCUT2D eigenvalue weighted by molar-refractivity contribution is -0.140. The van der Waals surface area contributed by atoms with Gasteiger partial charge >= 0.3 is 12.0 Å². The van der Waals surface area contributed by atoms with Gasteiger partial charge in [-0.3, -0.25) is 4.79 Å².